The number of hydrogen-bond donors (Lipinski definition) is 1. The first kappa shape index (κ1) is 34.9. The molecule has 4 heterocycles. The van der Waals surface area contributed by atoms with Gasteiger partial charge in [-0.25, -0.2) is 4.98 Å². The maximum absolute atomic E-state index is 13.0. The Bertz CT molecular complexity index is 2120. The van der Waals surface area contributed by atoms with Gasteiger partial charge in [-0.05, 0) is 63.4 Å². The van der Waals surface area contributed by atoms with Gasteiger partial charge in [-0.1, -0.05) is 29.3 Å². The number of amides is 1. The summed E-state index contributed by atoms with van der Waals surface area (Å²) in [4.78, 5) is 27.6. The number of nitrogens with one attached hydrogen (secondary N) is 1. The van der Waals surface area contributed by atoms with Crippen LogP contribution in [0.4, 0.5) is 11.4 Å². The molecule has 266 valence electrons. The molecular weight excluding hydrogens is 687 g/mol. The standard InChI is InChI=1S/C39H42Cl2N6O4/c1-5-8-36(48)44-31-20-27(34(50-3)22-33(31)46-13-7-6-12-45(15-16-46)25-9-10-25)30-21-32-24(23-43-30)17-28(39-42-11-14-47(32)39)37-29(40)18-26(49-2)19-35(51-4)38(37)41/h5,8,11,14,17,19-23,25H,6-7,9-10,12-13,15-16,18H2,1-4H3,(H,44,48)/b8-5+. The van der Waals surface area contributed by atoms with Crippen molar-refractivity contribution in [3.05, 3.63) is 88.2 Å². The molecular formula is C39H42Cl2N6O4. The molecule has 3 aliphatic rings. The first-order valence-electron chi connectivity index (χ1n) is 17.3. The monoisotopic (exact) mass is 728 g/mol. The van der Waals surface area contributed by atoms with Gasteiger partial charge in [-0.2, -0.15) is 0 Å². The highest BCUT2D eigenvalue weighted by atomic mass is 35.5. The number of allylic oxidation sites excluding steroid dienone is 5. The van der Waals surface area contributed by atoms with E-state index in [1.54, 1.807) is 39.7 Å². The predicted octanol–water partition coefficient (Wildman–Crippen LogP) is 8.12. The number of benzene rings is 1. The van der Waals surface area contributed by atoms with Gasteiger partial charge >= 0.3 is 0 Å². The Balaban J connectivity index is 1.33. The third kappa shape index (κ3) is 7.05. The van der Waals surface area contributed by atoms with Crippen LogP contribution >= 0.6 is 23.2 Å². The molecule has 51 heavy (non-hydrogen) atoms. The largest absolute Gasteiger partial charge is 0.501 e. The molecule has 2 aliphatic carbocycles. The zero-order valence-electron chi connectivity index (χ0n) is 29.3. The summed E-state index contributed by atoms with van der Waals surface area (Å²) >= 11 is 13.9. The molecule has 0 unspecified atom stereocenters. The van der Waals surface area contributed by atoms with E-state index in [0.29, 0.717) is 62.4 Å². The predicted molar refractivity (Wildman–Crippen MR) is 204 cm³/mol. The summed E-state index contributed by atoms with van der Waals surface area (Å²) in [7, 11) is 4.82. The molecule has 0 spiro atoms. The molecule has 7 rings (SSSR count). The molecule has 12 heteroatoms. The molecule has 10 nitrogen and oxygen atoms in total. The van der Waals surface area contributed by atoms with E-state index >= 15 is 0 Å². The maximum Gasteiger partial charge on any atom is 0.248 e. The lowest BCUT2D eigenvalue weighted by Gasteiger charge is -2.34. The number of rotatable bonds is 9. The van der Waals surface area contributed by atoms with Crippen LogP contribution in [0.2, 0.25) is 0 Å². The van der Waals surface area contributed by atoms with Crippen molar-refractivity contribution < 1.29 is 19.0 Å². The summed E-state index contributed by atoms with van der Waals surface area (Å²) in [5, 5.41) is 4.87. The van der Waals surface area contributed by atoms with Crippen LogP contribution in [0.15, 0.2) is 82.7 Å². The van der Waals surface area contributed by atoms with Crippen molar-refractivity contribution in [1.29, 1.82) is 0 Å². The number of anilines is 2. The summed E-state index contributed by atoms with van der Waals surface area (Å²) < 4.78 is 19.2. The van der Waals surface area contributed by atoms with Crippen LogP contribution in [0, 0.1) is 0 Å². The number of carbonyl (C=O) groups excluding carboxylic acids is 1. The summed E-state index contributed by atoms with van der Waals surface area (Å²) in [6, 6.07) is 8.74. The quantitative estimate of drug-likeness (QED) is 0.173. The van der Waals surface area contributed by atoms with Crippen LogP contribution in [-0.2, 0) is 14.3 Å². The summed E-state index contributed by atoms with van der Waals surface area (Å²) in [5.41, 5.74) is 5.99. The number of ether oxygens (including phenoxy) is 3. The second-order valence-corrected chi connectivity index (χ2v) is 13.8. The SMILES string of the molecule is C/C=C/C(=O)Nc1cc(-c2cc3c(cn2)cc(C2=C(Cl)CC(OC)=CC(OC)=C2Cl)c2nccn23)c(OC)cc1N1CCCCN(C2CC2)CC1. The van der Waals surface area contributed by atoms with E-state index < -0.39 is 0 Å². The summed E-state index contributed by atoms with van der Waals surface area (Å²) in [5.74, 6) is 1.55. The highest BCUT2D eigenvalue weighted by Gasteiger charge is 2.30. The molecule has 4 aromatic rings. The van der Waals surface area contributed by atoms with Crippen LogP contribution in [0.3, 0.4) is 0 Å². The van der Waals surface area contributed by atoms with Crippen molar-refractivity contribution in [2.24, 2.45) is 0 Å². The van der Waals surface area contributed by atoms with Gasteiger partial charge in [0.05, 0.1) is 48.9 Å². The highest BCUT2D eigenvalue weighted by molar-refractivity contribution is 6.43. The minimum Gasteiger partial charge on any atom is -0.501 e. The molecule has 1 saturated carbocycles. The van der Waals surface area contributed by atoms with Gasteiger partial charge in [-0.3, -0.25) is 19.1 Å². The van der Waals surface area contributed by atoms with E-state index in [-0.39, 0.29) is 5.91 Å². The Hall–Kier alpha value is -4.51. The van der Waals surface area contributed by atoms with Crippen LogP contribution in [0.5, 0.6) is 5.75 Å². The van der Waals surface area contributed by atoms with Crippen LogP contribution < -0.4 is 15.0 Å². The number of aromatic nitrogens is 3. The minimum atomic E-state index is -0.190. The van der Waals surface area contributed by atoms with Crippen molar-refractivity contribution >= 4 is 62.6 Å². The molecule has 0 atom stereocenters. The summed E-state index contributed by atoms with van der Waals surface area (Å²) in [6.07, 6.45) is 15.6. The second kappa shape index (κ2) is 15.0. The molecule has 0 radical (unpaired) electrons. The highest BCUT2D eigenvalue weighted by Crippen LogP contribution is 2.43. The number of nitrogens with zero attached hydrogens (tertiary/aromatic N) is 5. The number of methoxy groups -OCH3 is 3. The molecule has 1 aromatic carbocycles. The normalized spacial score (nSPS) is 17.8. The molecule has 1 N–H and O–H groups in total. The number of hydrogen-bond acceptors (Lipinski definition) is 8. The fraction of sp³-hybridized carbons (Fsp3) is 0.359. The van der Waals surface area contributed by atoms with E-state index in [1.807, 2.05) is 48.0 Å². The molecule has 2 fully saturated rings. The fourth-order valence-corrected chi connectivity index (χ4v) is 7.80. The number of pyridine rings is 2. The third-order valence-corrected chi connectivity index (χ3v) is 10.5. The van der Waals surface area contributed by atoms with E-state index in [0.717, 1.165) is 66.7 Å². The Morgan fingerprint density at radius 2 is 1.78 bits per heavy atom. The Morgan fingerprint density at radius 3 is 2.53 bits per heavy atom. The number of carbonyl (C=O) groups is 1. The van der Waals surface area contributed by atoms with Gasteiger partial charge < -0.3 is 24.4 Å². The third-order valence-electron chi connectivity index (χ3n) is 9.79. The lowest BCUT2D eigenvalue weighted by Crippen LogP contribution is -2.40. The van der Waals surface area contributed by atoms with Gasteiger partial charge in [0.1, 0.15) is 22.9 Å². The average Bonchev–Trinajstić information content (AvgIpc) is 3.86. The van der Waals surface area contributed by atoms with Crippen molar-refractivity contribution in [2.75, 3.05) is 57.7 Å². The topological polar surface area (TPSA) is 93.5 Å². The number of imidazole rings is 1. The van der Waals surface area contributed by atoms with Gasteiger partial charge in [0.2, 0.25) is 5.91 Å². The van der Waals surface area contributed by atoms with E-state index in [4.69, 9.17) is 47.4 Å². The molecule has 3 aromatic heterocycles. The smallest absolute Gasteiger partial charge is 0.248 e. The summed E-state index contributed by atoms with van der Waals surface area (Å²) in [6.45, 7) is 5.75. The first-order chi connectivity index (χ1) is 24.8. The zero-order valence-corrected chi connectivity index (χ0v) is 30.9. The van der Waals surface area contributed by atoms with E-state index in [9.17, 15) is 4.79 Å². The fourth-order valence-electron chi connectivity index (χ4n) is 7.07. The van der Waals surface area contributed by atoms with Crippen molar-refractivity contribution in [3.63, 3.8) is 0 Å². The van der Waals surface area contributed by atoms with Crippen LogP contribution in [0.25, 0.3) is 33.4 Å². The van der Waals surface area contributed by atoms with Gasteiger partial charge in [-0.15, -0.1) is 0 Å². The van der Waals surface area contributed by atoms with Crippen LogP contribution in [0.1, 0.15) is 44.6 Å². The van der Waals surface area contributed by atoms with E-state index in [2.05, 4.69) is 15.1 Å². The van der Waals surface area contributed by atoms with Gasteiger partial charge in [0.25, 0.3) is 0 Å². The zero-order chi connectivity index (χ0) is 35.6. The number of halogens is 2. The molecule has 1 amide bonds. The molecule has 0 bridgehead atoms. The lowest BCUT2D eigenvalue weighted by atomic mass is 10.0. The van der Waals surface area contributed by atoms with Crippen LogP contribution in [-0.4, -0.2) is 78.7 Å². The molecule has 1 aliphatic heterocycles. The van der Waals surface area contributed by atoms with Gasteiger partial charge in [0.15, 0.2) is 0 Å². The maximum atomic E-state index is 13.0. The Labute approximate surface area is 308 Å². The molecule has 1 saturated heterocycles. The Kier molecular flexibility index (Phi) is 10.3. The lowest BCUT2D eigenvalue weighted by molar-refractivity contribution is -0.111. The average molecular weight is 730 g/mol. The van der Waals surface area contributed by atoms with Crippen molar-refractivity contribution in [1.82, 2.24) is 19.3 Å². The minimum absolute atomic E-state index is 0.190. The van der Waals surface area contributed by atoms with Gasteiger partial charge in [0, 0.05) is 89.9 Å². The Morgan fingerprint density at radius 1 is 0.961 bits per heavy atom. The van der Waals surface area contributed by atoms with Crippen molar-refractivity contribution in [3.8, 4) is 17.0 Å². The van der Waals surface area contributed by atoms with E-state index in [1.165, 1.54) is 18.9 Å². The number of fused-ring (bicyclic) bond motifs is 3. The second-order valence-electron chi connectivity index (χ2n) is 13.0. The first-order valence-corrected chi connectivity index (χ1v) is 18.1. The van der Waals surface area contributed by atoms with Crippen molar-refractivity contribution in [2.45, 2.75) is 45.1 Å².